The van der Waals surface area contributed by atoms with Crippen LogP contribution < -0.4 is 11.1 Å². The lowest BCUT2D eigenvalue weighted by molar-refractivity contribution is 1.12. The monoisotopic (exact) mass is 380 g/mol. The Hall–Kier alpha value is -1.53. The average molecular weight is 382 g/mol. The Morgan fingerprint density at radius 2 is 1.95 bits per heavy atom. The van der Waals surface area contributed by atoms with Gasteiger partial charge in [0, 0.05) is 14.3 Å². The molecule has 19 heavy (non-hydrogen) atoms. The molecule has 3 aromatic rings. The van der Waals surface area contributed by atoms with E-state index < -0.39 is 0 Å². The Morgan fingerprint density at radius 1 is 1.11 bits per heavy atom. The summed E-state index contributed by atoms with van der Waals surface area (Å²) in [6, 6.07) is 9.77. The number of fused-ring (bicyclic) bond motifs is 1. The summed E-state index contributed by atoms with van der Waals surface area (Å²) in [5.74, 6) is 0. The first kappa shape index (κ1) is 12.5. The van der Waals surface area contributed by atoms with Crippen LogP contribution in [0, 0.1) is 0 Å². The van der Waals surface area contributed by atoms with E-state index in [1.807, 2.05) is 30.3 Å². The number of anilines is 3. The number of halogens is 2. The van der Waals surface area contributed by atoms with Crippen molar-refractivity contribution in [1.29, 1.82) is 0 Å². The van der Waals surface area contributed by atoms with Crippen molar-refractivity contribution in [1.82, 2.24) is 10.2 Å². The Labute approximate surface area is 126 Å². The van der Waals surface area contributed by atoms with Crippen molar-refractivity contribution in [3.05, 3.63) is 45.5 Å². The number of hydrogen-bond donors (Lipinski definition) is 3. The van der Waals surface area contributed by atoms with Gasteiger partial charge in [-0.3, -0.25) is 5.10 Å². The van der Waals surface area contributed by atoms with Crippen LogP contribution in [0.3, 0.4) is 0 Å². The maximum atomic E-state index is 6.05. The molecule has 0 bridgehead atoms. The van der Waals surface area contributed by atoms with Gasteiger partial charge in [0.25, 0.3) is 0 Å². The maximum Gasteiger partial charge on any atom is 0.0672 e. The zero-order valence-corrected chi connectivity index (χ0v) is 12.9. The second-order valence-electron chi connectivity index (χ2n) is 4.15. The SMILES string of the molecule is Nc1cc2cn[nH]c2cc1Nc1cc(Br)ccc1Br. The van der Waals surface area contributed by atoms with Crippen LogP contribution in [0.25, 0.3) is 10.9 Å². The fraction of sp³-hybridized carbons (Fsp3) is 0. The van der Waals surface area contributed by atoms with Crippen LogP contribution in [0.2, 0.25) is 0 Å². The van der Waals surface area contributed by atoms with E-state index in [2.05, 4.69) is 47.4 Å². The summed E-state index contributed by atoms with van der Waals surface area (Å²) in [5, 5.41) is 11.2. The summed E-state index contributed by atoms with van der Waals surface area (Å²) >= 11 is 6.96. The van der Waals surface area contributed by atoms with E-state index in [4.69, 9.17) is 5.73 Å². The van der Waals surface area contributed by atoms with Gasteiger partial charge in [-0.25, -0.2) is 0 Å². The molecule has 4 N–H and O–H groups in total. The van der Waals surface area contributed by atoms with Crippen molar-refractivity contribution in [3.63, 3.8) is 0 Å². The number of rotatable bonds is 2. The Balaban J connectivity index is 2.04. The summed E-state index contributed by atoms with van der Waals surface area (Å²) in [6.45, 7) is 0. The zero-order valence-electron chi connectivity index (χ0n) is 9.74. The second-order valence-corrected chi connectivity index (χ2v) is 5.92. The van der Waals surface area contributed by atoms with Gasteiger partial charge in [-0.15, -0.1) is 0 Å². The van der Waals surface area contributed by atoms with Gasteiger partial charge >= 0.3 is 0 Å². The van der Waals surface area contributed by atoms with Crippen molar-refractivity contribution < 1.29 is 0 Å². The van der Waals surface area contributed by atoms with E-state index in [9.17, 15) is 0 Å². The van der Waals surface area contributed by atoms with Crippen LogP contribution in [-0.4, -0.2) is 10.2 Å². The molecule has 96 valence electrons. The minimum atomic E-state index is 0.681. The van der Waals surface area contributed by atoms with Crippen molar-refractivity contribution in [3.8, 4) is 0 Å². The third-order valence-electron chi connectivity index (χ3n) is 2.81. The van der Waals surface area contributed by atoms with Crippen molar-refractivity contribution in [2.75, 3.05) is 11.1 Å². The van der Waals surface area contributed by atoms with Gasteiger partial charge in [0.05, 0.1) is 28.8 Å². The number of hydrogen-bond acceptors (Lipinski definition) is 3. The van der Waals surface area contributed by atoms with E-state index in [-0.39, 0.29) is 0 Å². The summed E-state index contributed by atoms with van der Waals surface area (Å²) in [4.78, 5) is 0. The topological polar surface area (TPSA) is 66.7 Å². The molecule has 0 saturated heterocycles. The van der Waals surface area contributed by atoms with Gasteiger partial charge in [0.2, 0.25) is 0 Å². The molecular formula is C13H10Br2N4. The van der Waals surface area contributed by atoms with Gasteiger partial charge in [0.1, 0.15) is 0 Å². The van der Waals surface area contributed by atoms with Crippen LogP contribution in [0.15, 0.2) is 45.5 Å². The third-order valence-corrected chi connectivity index (χ3v) is 3.99. The molecule has 0 radical (unpaired) electrons. The minimum Gasteiger partial charge on any atom is -0.397 e. The summed E-state index contributed by atoms with van der Waals surface area (Å²) in [5.41, 5.74) is 9.47. The highest BCUT2D eigenvalue weighted by atomic mass is 79.9. The number of aromatic nitrogens is 2. The fourth-order valence-electron chi connectivity index (χ4n) is 1.86. The van der Waals surface area contributed by atoms with E-state index >= 15 is 0 Å². The molecule has 0 aliphatic rings. The van der Waals surface area contributed by atoms with Gasteiger partial charge in [0.15, 0.2) is 0 Å². The lowest BCUT2D eigenvalue weighted by Gasteiger charge is -2.11. The zero-order chi connectivity index (χ0) is 13.4. The molecule has 2 aromatic carbocycles. The first-order chi connectivity index (χ1) is 9.13. The number of aromatic amines is 1. The predicted molar refractivity (Wildman–Crippen MR) is 85.6 cm³/mol. The largest absolute Gasteiger partial charge is 0.397 e. The Kier molecular flexibility index (Phi) is 3.20. The van der Waals surface area contributed by atoms with Crippen LogP contribution in [0.4, 0.5) is 17.1 Å². The van der Waals surface area contributed by atoms with Gasteiger partial charge in [-0.1, -0.05) is 15.9 Å². The second kappa shape index (κ2) is 4.86. The third kappa shape index (κ3) is 2.46. The molecule has 0 fully saturated rings. The van der Waals surface area contributed by atoms with E-state index in [0.29, 0.717) is 5.69 Å². The van der Waals surface area contributed by atoms with Crippen molar-refractivity contribution in [2.45, 2.75) is 0 Å². The standard InChI is InChI=1S/C13H10Br2N4/c14-8-1-2-9(15)12(4-8)18-13-5-11-7(3-10(13)16)6-17-19-11/h1-6,18H,16H2,(H,17,19). The van der Waals surface area contributed by atoms with E-state index in [1.165, 1.54) is 0 Å². The van der Waals surface area contributed by atoms with Gasteiger partial charge in [-0.05, 0) is 46.3 Å². The van der Waals surface area contributed by atoms with E-state index in [0.717, 1.165) is 31.2 Å². The molecular weight excluding hydrogens is 372 g/mol. The van der Waals surface area contributed by atoms with Crippen LogP contribution in [0.1, 0.15) is 0 Å². The molecule has 0 atom stereocenters. The highest BCUT2D eigenvalue weighted by Crippen LogP contribution is 2.32. The first-order valence-electron chi connectivity index (χ1n) is 5.58. The molecule has 1 heterocycles. The molecule has 0 saturated carbocycles. The minimum absolute atomic E-state index is 0.681. The molecule has 1 aromatic heterocycles. The number of nitrogens with one attached hydrogen (secondary N) is 2. The van der Waals surface area contributed by atoms with Gasteiger partial charge < -0.3 is 11.1 Å². The highest BCUT2D eigenvalue weighted by Gasteiger charge is 2.06. The number of nitrogens with two attached hydrogens (primary N) is 1. The summed E-state index contributed by atoms with van der Waals surface area (Å²) in [6.07, 6.45) is 1.75. The number of nitrogens with zero attached hydrogens (tertiary/aromatic N) is 1. The molecule has 4 nitrogen and oxygen atoms in total. The lowest BCUT2D eigenvalue weighted by Crippen LogP contribution is -1.97. The van der Waals surface area contributed by atoms with Crippen LogP contribution >= 0.6 is 31.9 Å². The molecule has 6 heteroatoms. The number of benzene rings is 2. The average Bonchev–Trinajstić information content (AvgIpc) is 2.81. The van der Waals surface area contributed by atoms with Crippen molar-refractivity contribution in [2.24, 2.45) is 0 Å². The molecule has 0 unspecified atom stereocenters. The normalized spacial score (nSPS) is 10.8. The summed E-state index contributed by atoms with van der Waals surface area (Å²) in [7, 11) is 0. The smallest absolute Gasteiger partial charge is 0.0672 e. The first-order valence-corrected chi connectivity index (χ1v) is 7.17. The highest BCUT2D eigenvalue weighted by molar-refractivity contribution is 9.11. The summed E-state index contributed by atoms with van der Waals surface area (Å²) < 4.78 is 1.97. The molecule has 0 aliphatic heterocycles. The fourth-order valence-corrected chi connectivity index (χ4v) is 2.56. The number of H-pyrrole nitrogens is 1. The van der Waals surface area contributed by atoms with Crippen LogP contribution in [-0.2, 0) is 0 Å². The maximum absolute atomic E-state index is 6.05. The quantitative estimate of drug-likeness (QED) is 0.576. The van der Waals surface area contributed by atoms with Crippen LogP contribution in [0.5, 0.6) is 0 Å². The lowest BCUT2D eigenvalue weighted by atomic mass is 10.2. The molecule has 3 rings (SSSR count). The molecule has 0 aliphatic carbocycles. The van der Waals surface area contributed by atoms with Crippen molar-refractivity contribution >= 4 is 59.8 Å². The van der Waals surface area contributed by atoms with Gasteiger partial charge in [-0.2, -0.15) is 5.10 Å². The Morgan fingerprint density at radius 3 is 2.79 bits per heavy atom. The molecule has 0 amide bonds. The number of nitrogen functional groups attached to an aromatic ring is 1. The molecule has 0 spiro atoms. The van der Waals surface area contributed by atoms with E-state index in [1.54, 1.807) is 6.20 Å². The Bertz CT molecular complexity index is 751. The predicted octanol–water partition coefficient (Wildman–Crippen LogP) is 4.41.